The van der Waals surface area contributed by atoms with Crippen LogP contribution in [0.5, 0.6) is 0 Å². The molecule has 0 aromatic heterocycles. The number of aryl methyl sites for hydroxylation is 1. The lowest BCUT2D eigenvalue weighted by molar-refractivity contribution is 0.584. The number of nitrogen functional groups attached to an aromatic ring is 1. The van der Waals surface area contributed by atoms with Gasteiger partial charge in [0.1, 0.15) is 0 Å². The van der Waals surface area contributed by atoms with E-state index in [4.69, 9.17) is 5.73 Å². The first kappa shape index (κ1) is 10.3. The van der Waals surface area contributed by atoms with Gasteiger partial charge in [0.15, 0.2) is 0 Å². The monoisotopic (exact) mass is 201 g/mol. The van der Waals surface area contributed by atoms with Gasteiger partial charge in [-0.2, -0.15) is 0 Å². The predicted molar refractivity (Wildman–Crippen MR) is 67.0 cm³/mol. The van der Waals surface area contributed by atoms with Crippen molar-refractivity contribution in [2.75, 3.05) is 5.73 Å². The van der Waals surface area contributed by atoms with Crippen LogP contribution in [0.25, 0.3) is 6.08 Å². The summed E-state index contributed by atoms with van der Waals surface area (Å²) in [5.74, 6) is 0. The molecule has 1 aliphatic rings. The molecule has 0 aliphatic heterocycles. The molecule has 80 valence electrons. The second-order valence-corrected chi connectivity index (χ2v) is 5.40. The minimum Gasteiger partial charge on any atom is -0.398 e. The third-order valence-electron chi connectivity index (χ3n) is 3.14. The summed E-state index contributed by atoms with van der Waals surface area (Å²) in [6, 6.07) is 2.25. The SMILES string of the molecule is Cc1cc(C(C)(C)C)c2c(c1N)C=CC2. The number of hydrogen-bond donors (Lipinski definition) is 1. The average Bonchev–Trinajstić information content (AvgIpc) is 2.57. The van der Waals surface area contributed by atoms with Crippen molar-refractivity contribution < 1.29 is 0 Å². The maximum atomic E-state index is 6.09. The standard InChI is InChI=1S/C14H19N/c1-9-8-12(14(2,3)4)10-6-5-7-11(10)13(9)15/h5,7-8H,6,15H2,1-4H3. The van der Waals surface area contributed by atoms with Crippen molar-refractivity contribution in [1.82, 2.24) is 0 Å². The van der Waals surface area contributed by atoms with Crippen molar-refractivity contribution >= 4 is 11.8 Å². The minimum absolute atomic E-state index is 0.203. The maximum absolute atomic E-state index is 6.09. The van der Waals surface area contributed by atoms with Gasteiger partial charge in [0.25, 0.3) is 0 Å². The van der Waals surface area contributed by atoms with Crippen LogP contribution in [0.1, 0.15) is 43.0 Å². The molecule has 0 radical (unpaired) electrons. The largest absolute Gasteiger partial charge is 0.398 e. The molecular formula is C14H19N. The fourth-order valence-electron chi connectivity index (χ4n) is 2.28. The summed E-state index contributed by atoms with van der Waals surface area (Å²) < 4.78 is 0. The molecule has 0 atom stereocenters. The Morgan fingerprint density at radius 1 is 1.27 bits per heavy atom. The van der Waals surface area contributed by atoms with Gasteiger partial charge in [-0.05, 0) is 35.4 Å². The summed E-state index contributed by atoms with van der Waals surface area (Å²) in [5.41, 5.74) is 12.6. The summed E-state index contributed by atoms with van der Waals surface area (Å²) in [6.07, 6.45) is 5.40. The van der Waals surface area contributed by atoms with Crippen molar-refractivity contribution in [2.45, 2.75) is 39.5 Å². The van der Waals surface area contributed by atoms with Gasteiger partial charge in [-0.25, -0.2) is 0 Å². The van der Waals surface area contributed by atoms with Gasteiger partial charge in [-0.1, -0.05) is 39.0 Å². The predicted octanol–water partition coefficient (Wildman–Crippen LogP) is 3.44. The third kappa shape index (κ3) is 1.56. The Morgan fingerprint density at radius 3 is 2.53 bits per heavy atom. The van der Waals surface area contributed by atoms with Crippen LogP contribution in [-0.2, 0) is 11.8 Å². The van der Waals surface area contributed by atoms with E-state index in [0.29, 0.717) is 0 Å². The van der Waals surface area contributed by atoms with Gasteiger partial charge in [-0.3, -0.25) is 0 Å². The van der Waals surface area contributed by atoms with Crippen LogP contribution < -0.4 is 5.73 Å². The van der Waals surface area contributed by atoms with Gasteiger partial charge in [0.2, 0.25) is 0 Å². The molecule has 15 heavy (non-hydrogen) atoms. The zero-order valence-corrected chi connectivity index (χ0v) is 10.0. The van der Waals surface area contributed by atoms with E-state index in [2.05, 4.69) is 45.9 Å². The van der Waals surface area contributed by atoms with Crippen LogP contribution in [0.15, 0.2) is 12.1 Å². The van der Waals surface area contributed by atoms with Crippen LogP contribution in [-0.4, -0.2) is 0 Å². The van der Waals surface area contributed by atoms with E-state index < -0.39 is 0 Å². The van der Waals surface area contributed by atoms with E-state index in [-0.39, 0.29) is 5.41 Å². The molecule has 0 fully saturated rings. The van der Waals surface area contributed by atoms with Gasteiger partial charge < -0.3 is 5.73 Å². The highest BCUT2D eigenvalue weighted by Gasteiger charge is 2.23. The van der Waals surface area contributed by atoms with Crippen molar-refractivity contribution in [3.63, 3.8) is 0 Å². The fourth-order valence-corrected chi connectivity index (χ4v) is 2.28. The lowest BCUT2D eigenvalue weighted by Gasteiger charge is -2.24. The number of benzene rings is 1. The lowest BCUT2D eigenvalue weighted by atomic mass is 9.81. The first-order valence-corrected chi connectivity index (χ1v) is 5.50. The van der Waals surface area contributed by atoms with E-state index in [1.165, 1.54) is 22.3 Å². The molecule has 0 heterocycles. The van der Waals surface area contributed by atoms with Crippen LogP contribution >= 0.6 is 0 Å². The van der Waals surface area contributed by atoms with Crippen molar-refractivity contribution in [3.05, 3.63) is 34.4 Å². The average molecular weight is 201 g/mol. The molecule has 1 heteroatoms. The Bertz CT molecular complexity index is 434. The molecule has 1 aromatic rings. The van der Waals surface area contributed by atoms with Gasteiger partial charge in [0.05, 0.1) is 0 Å². The molecule has 1 aliphatic carbocycles. The molecule has 1 nitrogen and oxygen atoms in total. The first-order valence-electron chi connectivity index (χ1n) is 5.50. The van der Waals surface area contributed by atoms with E-state index >= 15 is 0 Å². The molecule has 1 aromatic carbocycles. The van der Waals surface area contributed by atoms with Gasteiger partial charge in [-0.15, -0.1) is 0 Å². The summed E-state index contributed by atoms with van der Waals surface area (Å²) in [4.78, 5) is 0. The lowest BCUT2D eigenvalue weighted by Crippen LogP contribution is -2.15. The highest BCUT2D eigenvalue weighted by atomic mass is 14.6. The summed E-state index contributed by atoms with van der Waals surface area (Å²) in [5, 5.41) is 0. The normalized spacial score (nSPS) is 14.4. The van der Waals surface area contributed by atoms with Crippen LogP contribution in [0.3, 0.4) is 0 Å². The molecular weight excluding hydrogens is 182 g/mol. The Morgan fingerprint density at radius 2 is 1.93 bits per heavy atom. The Kier molecular flexibility index (Phi) is 2.14. The van der Waals surface area contributed by atoms with Crippen molar-refractivity contribution in [3.8, 4) is 0 Å². The molecule has 0 bridgehead atoms. The van der Waals surface area contributed by atoms with Crippen molar-refractivity contribution in [1.29, 1.82) is 0 Å². The molecule has 0 spiro atoms. The van der Waals surface area contributed by atoms with Crippen LogP contribution in [0.4, 0.5) is 5.69 Å². The summed E-state index contributed by atoms with van der Waals surface area (Å²) in [7, 11) is 0. The number of fused-ring (bicyclic) bond motifs is 1. The van der Waals surface area contributed by atoms with Crippen molar-refractivity contribution in [2.24, 2.45) is 0 Å². The summed E-state index contributed by atoms with van der Waals surface area (Å²) in [6.45, 7) is 8.88. The molecule has 0 saturated heterocycles. The smallest absolute Gasteiger partial charge is 0.0420 e. The van der Waals surface area contributed by atoms with E-state index in [9.17, 15) is 0 Å². The third-order valence-corrected chi connectivity index (χ3v) is 3.14. The number of anilines is 1. The maximum Gasteiger partial charge on any atom is 0.0420 e. The number of rotatable bonds is 0. The quantitative estimate of drug-likeness (QED) is 0.639. The van der Waals surface area contributed by atoms with Gasteiger partial charge >= 0.3 is 0 Å². The number of nitrogens with two attached hydrogens (primary N) is 1. The summed E-state index contributed by atoms with van der Waals surface area (Å²) >= 11 is 0. The van der Waals surface area contributed by atoms with Crippen LogP contribution in [0, 0.1) is 6.92 Å². The molecule has 0 saturated carbocycles. The zero-order valence-electron chi connectivity index (χ0n) is 10.0. The highest BCUT2D eigenvalue weighted by Crippen LogP contribution is 2.36. The Hall–Kier alpha value is -1.24. The van der Waals surface area contributed by atoms with Gasteiger partial charge in [0, 0.05) is 11.3 Å². The number of hydrogen-bond acceptors (Lipinski definition) is 1. The van der Waals surface area contributed by atoms with E-state index in [1.807, 2.05) is 0 Å². The molecule has 2 rings (SSSR count). The minimum atomic E-state index is 0.203. The Labute approximate surface area is 92.0 Å². The molecule has 0 amide bonds. The highest BCUT2D eigenvalue weighted by molar-refractivity contribution is 5.76. The van der Waals surface area contributed by atoms with Crippen LogP contribution in [0.2, 0.25) is 0 Å². The number of allylic oxidation sites excluding steroid dienone is 1. The zero-order chi connectivity index (χ0) is 11.2. The molecule has 2 N–H and O–H groups in total. The van der Waals surface area contributed by atoms with E-state index in [1.54, 1.807) is 0 Å². The molecule has 0 unspecified atom stereocenters. The Balaban J connectivity index is 2.71. The second-order valence-electron chi connectivity index (χ2n) is 5.40. The topological polar surface area (TPSA) is 26.0 Å². The fraction of sp³-hybridized carbons (Fsp3) is 0.429. The second kappa shape index (κ2) is 3.13. The van der Waals surface area contributed by atoms with E-state index in [0.717, 1.165) is 12.1 Å². The first-order chi connectivity index (χ1) is 6.91.